The van der Waals surface area contributed by atoms with Crippen molar-refractivity contribution in [3.63, 3.8) is 0 Å². The summed E-state index contributed by atoms with van der Waals surface area (Å²) >= 11 is 0. The zero-order valence-electron chi connectivity index (χ0n) is 14.8. The van der Waals surface area contributed by atoms with Crippen LogP contribution in [0.15, 0.2) is 64.4 Å². The van der Waals surface area contributed by atoms with E-state index in [0.29, 0.717) is 21.8 Å². The van der Waals surface area contributed by atoms with Gasteiger partial charge in [-0.3, -0.25) is 14.2 Å². The third kappa shape index (κ3) is 2.47. The van der Waals surface area contributed by atoms with Crippen LogP contribution in [0, 0.1) is 6.92 Å². The van der Waals surface area contributed by atoms with E-state index in [1.807, 2.05) is 31.2 Å². The van der Waals surface area contributed by atoms with Gasteiger partial charge in [-0.1, -0.05) is 12.1 Å². The molecule has 0 fully saturated rings. The van der Waals surface area contributed by atoms with E-state index in [9.17, 15) is 9.59 Å². The Labute approximate surface area is 149 Å². The summed E-state index contributed by atoms with van der Waals surface area (Å²) in [6.07, 6.45) is 3.40. The van der Waals surface area contributed by atoms with Gasteiger partial charge in [-0.15, -0.1) is 0 Å². The lowest BCUT2D eigenvalue weighted by Gasteiger charge is -2.16. The number of benzene rings is 1. The molecule has 4 aromatic rings. The highest BCUT2D eigenvalue weighted by molar-refractivity contribution is 5.91. The molecular formula is C20H18N4O2. The molecule has 3 aromatic heterocycles. The molecule has 0 spiro atoms. The molecule has 130 valence electrons. The second-order valence-electron chi connectivity index (χ2n) is 6.50. The number of hydrogen-bond acceptors (Lipinski definition) is 4. The maximum absolute atomic E-state index is 13.0. The first-order valence-electron chi connectivity index (χ1n) is 8.28. The van der Waals surface area contributed by atoms with E-state index < -0.39 is 0 Å². The Bertz CT molecular complexity index is 1270. The van der Waals surface area contributed by atoms with Crippen molar-refractivity contribution in [1.29, 1.82) is 0 Å². The Kier molecular flexibility index (Phi) is 3.61. The molecule has 6 nitrogen and oxygen atoms in total. The van der Waals surface area contributed by atoms with Crippen LogP contribution in [-0.2, 0) is 0 Å². The van der Waals surface area contributed by atoms with Crippen LogP contribution >= 0.6 is 0 Å². The van der Waals surface area contributed by atoms with Crippen molar-refractivity contribution in [1.82, 2.24) is 14.2 Å². The molecule has 0 amide bonds. The molecule has 6 heteroatoms. The fourth-order valence-electron chi connectivity index (χ4n) is 3.11. The zero-order valence-corrected chi connectivity index (χ0v) is 14.8. The number of aromatic nitrogens is 3. The Morgan fingerprint density at radius 2 is 1.58 bits per heavy atom. The Hall–Kier alpha value is -3.41. The first-order valence-corrected chi connectivity index (χ1v) is 8.28. The summed E-state index contributed by atoms with van der Waals surface area (Å²) in [5.74, 6) is 0. The van der Waals surface area contributed by atoms with Crippen molar-refractivity contribution >= 4 is 21.8 Å². The van der Waals surface area contributed by atoms with Gasteiger partial charge < -0.3 is 5.01 Å². The third-order valence-corrected chi connectivity index (χ3v) is 4.44. The molecule has 0 saturated heterocycles. The van der Waals surface area contributed by atoms with E-state index in [2.05, 4.69) is 4.98 Å². The van der Waals surface area contributed by atoms with Crippen LogP contribution < -0.4 is 16.1 Å². The number of rotatable bonds is 2. The fourth-order valence-corrected chi connectivity index (χ4v) is 3.11. The smallest absolute Gasteiger partial charge is 0.278 e. The second-order valence-corrected chi connectivity index (χ2v) is 6.50. The van der Waals surface area contributed by atoms with Crippen LogP contribution in [0.4, 0.5) is 0 Å². The van der Waals surface area contributed by atoms with Crippen LogP contribution in [0.1, 0.15) is 5.56 Å². The molecule has 0 radical (unpaired) electrons. The maximum Gasteiger partial charge on any atom is 0.278 e. The average Bonchev–Trinajstić information content (AvgIpc) is 2.61. The predicted octanol–water partition coefficient (Wildman–Crippen LogP) is 2.21. The van der Waals surface area contributed by atoms with Crippen molar-refractivity contribution in [3.05, 3.63) is 81.1 Å². The van der Waals surface area contributed by atoms with E-state index in [-0.39, 0.29) is 11.1 Å². The Morgan fingerprint density at radius 3 is 2.27 bits per heavy atom. The topological polar surface area (TPSA) is 60.1 Å². The first-order chi connectivity index (χ1) is 12.5. The fraction of sp³-hybridized carbons (Fsp3) is 0.150. The summed E-state index contributed by atoms with van der Waals surface area (Å²) < 4.78 is 3.06. The van der Waals surface area contributed by atoms with Crippen LogP contribution in [0.5, 0.6) is 0 Å². The van der Waals surface area contributed by atoms with Crippen molar-refractivity contribution in [2.24, 2.45) is 0 Å². The normalized spacial score (nSPS) is 11.2. The van der Waals surface area contributed by atoms with Crippen LogP contribution in [0.25, 0.3) is 27.5 Å². The van der Waals surface area contributed by atoms with Crippen molar-refractivity contribution in [3.8, 4) is 5.69 Å². The monoisotopic (exact) mass is 346 g/mol. The summed E-state index contributed by atoms with van der Waals surface area (Å²) in [6, 6.07) is 12.9. The lowest BCUT2D eigenvalue weighted by molar-refractivity contribution is 0.706. The molecule has 0 aliphatic rings. The van der Waals surface area contributed by atoms with Gasteiger partial charge in [0, 0.05) is 32.2 Å². The quantitative estimate of drug-likeness (QED) is 0.522. The molecule has 0 unspecified atom stereocenters. The molecule has 0 N–H and O–H groups in total. The lowest BCUT2D eigenvalue weighted by atomic mass is 10.1. The van der Waals surface area contributed by atoms with Gasteiger partial charge in [0.05, 0.1) is 21.8 Å². The van der Waals surface area contributed by atoms with E-state index in [1.54, 1.807) is 54.3 Å². The number of pyridine rings is 3. The van der Waals surface area contributed by atoms with Gasteiger partial charge in [0.1, 0.15) is 0 Å². The van der Waals surface area contributed by atoms with E-state index in [0.717, 1.165) is 11.3 Å². The molecule has 0 aliphatic carbocycles. The van der Waals surface area contributed by atoms with Gasteiger partial charge >= 0.3 is 0 Å². The van der Waals surface area contributed by atoms with Gasteiger partial charge in [0.2, 0.25) is 0 Å². The molecule has 3 heterocycles. The van der Waals surface area contributed by atoms with Crippen molar-refractivity contribution in [2.75, 3.05) is 19.1 Å². The summed E-state index contributed by atoms with van der Waals surface area (Å²) in [5, 5.41) is 2.53. The Morgan fingerprint density at radius 1 is 0.885 bits per heavy atom. The van der Waals surface area contributed by atoms with Gasteiger partial charge in [0.25, 0.3) is 11.1 Å². The van der Waals surface area contributed by atoms with Crippen LogP contribution in [-0.4, -0.2) is 28.3 Å². The van der Waals surface area contributed by atoms with Gasteiger partial charge in [-0.05, 0) is 42.8 Å². The summed E-state index contributed by atoms with van der Waals surface area (Å²) in [7, 11) is 3.57. The third-order valence-electron chi connectivity index (χ3n) is 4.44. The van der Waals surface area contributed by atoms with E-state index >= 15 is 0 Å². The van der Waals surface area contributed by atoms with E-state index in [4.69, 9.17) is 0 Å². The second kappa shape index (κ2) is 5.84. The summed E-state index contributed by atoms with van der Waals surface area (Å²) in [5.41, 5.74) is 2.62. The minimum atomic E-state index is -0.202. The number of aryl methyl sites for hydroxylation is 1. The first kappa shape index (κ1) is 16.1. The molecule has 0 atom stereocenters. The highest BCUT2D eigenvalue weighted by atomic mass is 16.1. The average molecular weight is 346 g/mol. The van der Waals surface area contributed by atoms with E-state index in [1.165, 1.54) is 4.68 Å². The maximum atomic E-state index is 13.0. The summed E-state index contributed by atoms with van der Waals surface area (Å²) in [6.45, 7) is 1.98. The van der Waals surface area contributed by atoms with Crippen molar-refractivity contribution in [2.45, 2.75) is 6.92 Å². The molecule has 4 rings (SSSR count). The van der Waals surface area contributed by atoms with Crippen molar-refractivity contribution < 1.29 is 0 Å². The largest absolute Gasteiger partial charge is 0.316 e. The standard InChI is InChI=1S/C20H18N4O2/c1-13-5-4-6-14(11-13)23-9-7-17-15(19(23)25)12-16-18(21-17)8-10-24(20(16)26)22(2)3/h4-12H,1-3H3. The molecule has 0 aliphatic heterocycles. The number of fused-ring (bicyclic) bond motifs is 2. The molecule has 26 heavy (non-hydrogen) atoms. The number of hydrogen-bond donors (Lipinski definition) is 0. The highest BCUT2D eigenvalue weighted by Crippen LogP contribution is 2.16. The molecule has 1 aromatic carbocycles. The highest BCUT2D eigenvalue weighted by Gasteiger charge is 2.11. The van der Waals surface area contributed by atoms with Gasteiger partial charge in [-0.25, -0.2) is 9.66 Å². The van der Waals surface area contributed by atoms with Gasteiger partial charge in [-0.2, -0.15) is 0 Å². The van der Waals surface area contributed by atoms with Crippen LogP contribution in [0.3, 0.4) is 0 Å². The molecule has 0 bridgehead atoms. The zero-order chi connectivity index (χ0) is 18.4. The van der Waals surface area contributed by atoms with Gasteiger partial charge in [0.15, 0.2) is 0 Å². The minimum Gasteiger partial charge on any atom is -0.316 e. The van der Waals surface area contributed by atoms with Crippen LogP contribution in [0.2, 0.25) is 0 Å². The molecular weight excluding hydrogens is 328 g/mol. The minimum absolute atomic E-state index is 0.192. The molecule has 0 saturated carbocycles. The number of nitrogens with zero attached hydrogens (tertiary/aromatic N) is 4. The Balaban J connectivity index is 2.05. The SMILES string of the molecule is Cc1cccc(-n2ccc3nc4ccn(N(C)C)c(=O)c4cc3c2=O)c1. The lowest BCUT2D eigenvalue weighted by Crippen LogP contribution is -2.35. The predicted molar refractivity (Wildman–Crippen MR) is 104 cm³/mol. The summed E-state index contributed by atoms with van der Waals surface area (Å²) in [4.78, 5) is 30.2.